The highest BCUT2D eigenvalue weighted by molar-refractivity contribution is 7.88. The Balaban J connectivity index is 2.06. The molecule has 1 aromatic carbocycles. The van der Waals surface area contributed by atoms with Crippen molar-refractivity contribution in [3.05, 3.63) is 46.7 Å². The number of hydrogen-bond acceptors (Lipinski definition) is 5. The van der Waals surface area contributed by atoms with Gasteiger partial charge in [0.1, 0.15) is 5.76 Å². The summed E-state index contributed by atoms with van der Waals surface area (Å²) in [6.07, 6.45) is 1.05. The number of aromatic nitrogens is 1. The molecule has 0 spiro atoms. The zero-order valence-corrected chi connectivity index (χ0v) is 14.2. The van der Waals surface area contributed by atoms with Gasteiger partial charge in [-0.2, -0.15) is 4.31 Å². The predicted molar refractivity (Wildman–Crippen MR) is 86.6 cm³/mol. The number of rotatable bonds is 6. The van der Waals surface area contributed by atoms with E-state index in [4.69, 9.17) is 16.1 Å². The van der Waals surface area contributed by atoms with Gasteiger partial charge in [0, 0.05) is 17.6 Å². The first-order valence-corrected chi connectivity index (χ1v) is 8.89. The summed E-state index contributed by atoms with van der Waals surface area (Å²) in [6.45, 7) is 1.43. The van der Waals surface area contributed by atoms with Crippen LogP contribution in [0.25, 0.3) is 0 Å². The van der Waals surface area contributed by atoms with Gasteiger partial charge in [0.05, 0.1) is 12.8 Å². The van der Waals surface area contributed by atoms with E-state index in [9.17, 15) is 13.2 Å². The maximum Gasteiger partial charge on any atom is 0.240 e. The maximum absolute atomic E-state index is 12.0. The van der Waals surface area contributed by atoms with Crippen LogP contribution >= 0.6 is 11.6 Å². The highest BCUT2D eigenvalue weighted by Gasteiger charge is 2.21. The molecule has 0 atom stereocenters. The average molecular weight is 358 g/mol. The number of sulfonamides is 1. The van der Waals surface area contributed by atoms with Crippen LogP contribution in [0.3, 0.4) is 0 Å². The van der Waals surface area contributed by atoms with Gasteiger partial charge < -0.3 is 9.84 Å². The van der Waals surface area contributed by atoms with Crippen LogP contribution in [0.15, 0.2) is 34.9 Å². The summed E-state index contributed by atoms with van der Waals surface area (Å²) in [5.41, 5.74) is 0.727. The molecule has 1 amide bonds. The van der Waals surface area contributed by atoms with Crippen LogP contribution in [-0.4, -0.2) is 36.6 Å². The van der Waals surface area contributed by atoms with E-state index in [0.29, 0.717) is 10.8 Å². The van der Waals surface area contributed by atoms with Crippen LogP contribution in [0.5, 0.6) is 0 Å². The topological polar surface area (TPSA) is 92.5 Å². The van der Waals surface area contributed by atoms with Crippen molar-refractivity contribution >= 4 is 33.3 Å². The summed E-state index contributed by atoms with van der Waals surface area (Å²) in [5, 5.41) is 6.67. The fourth-order valence-electron chi connectivity index (χ4n) is 1.85. The van der Waals surface area contributed by atoms with Crippen LogP contribution in [0.2, 0.25) is 5.02 Å². The number of aryl methyl sites for hydroxylation is 1. The molecule has 0 bridgehead atoms. The molecule has 2 rings (SSSR count). The van der Waals surface area contributed by atoms with Crippen molar-refractivity contribution in [3.8, 4) is 0 Å². The molecule has 0 radical (unpaired) electrons. The van der Waals surface area contributed by atoms with Gasteiger partial charge >= 0.3 is 0 Å². The zero-order chi connectivity index (χ0) is 17.0. The zero-order valence-electron chi connectivity index (χ0n) is 12.6. The highest BCUT2D eigenvalue weighted by atomic mass is 35.5. The number of amides is 1. The van der Waals surface area contributed by atoms with Crippen LogP contribution in [0.4, 0.5) is 5.82 Å². The van der Waals surface area contributed by atoms with E-state index >= 15 is 0 Å². The molecule has 1 N–H and O–H groups in total. The first-order valence-electron chi connectivity index (χ1n) is 6.67. The molecular weight excluding hydrogens is 342 g/mol. The molecular formula is C14H16ClN3O4S. The molecule has 124 valence electrons. The highest BCUT2D eigenvalue weighted by Crippen LogP contribution is 2.13. The van der Waals surface area contributed by atoms with E-state index in [0.717, 1.165) is 16.1 Å². The van der Waals surface area contributed by atoms with Gasteiger partial charge in [-0.15, -0.1) is 0 Å². The summed E-state index contributed by atoms with van der Waals surface area (Å²) in [5.74, 6) is 0.284. The van der Waals surface area contributed by atoms with Gasteiger partial charge in [-0.1, -0.05) is 28.9 Å². The number of carbonyl (C=O) groups excluding carboxylic acids is 1. The summed E-state index contributed by atoms with van der Waals surface area (Å²) in [7, 11) is -3.56. The average Bonchev–Trinajstić information content (AvgIpc) is 2.84. The fourth-order valence-corrected chi connectivity index (χ4v) is 2.71. The summed E-state index contributed by atoms with van der Waals surface area (Å²) in [4.78, 5) is 12.0. The normalized spacial score (nSPS) is 11.7. The Bertz CT molecular complexity index is 787. The Morgan fingerprint density at radius 3 is 2.52 bits per heavy atom. The molecule has 1 aromatic heterocycles. The third-order valence-corrected chi connectivity index (χ3v) is 4.40. The Morgan fingerprint density at radius 1 is 1.35 bits per heavy atom. The van der Waals surface area contributed by atoms with Crippen molar-refractivity contribution < 1.29 is 17.7 Å². The lowest BCUT2D eigenvalue weighted by Gasteiger charge is -2.19. The molecule has 0 aliphatic heterocycles. The Hall–Kier alpha value is -1.90. The lowest BCUT2D eigenvalue weighted by molar-refractivity contribution is -0.116. The van der Waals surface area contributed by atoms with Crippen molar-refractivity contribution in [1.82, 2.24) is 9.46 Å². The van der Waals surface area contributed by atoms with E-state index in [1.54, 1.807) is 37.3 Å². The monoisotopic (exact) mass is 357 g/mol. The summed E-state index contributed by atoms with van der Waals surface area (Å²) >= 11 is 5.80. The Morgan fingerprint density at radius 2 is 2.00 bits per heavy atom. The van der Waals surface area contributed by atoms with Gasteiger partial charge in [-0.3, -0.25) is 4.79 Å². The largest absolute Gasteiger partial charge is 0.360 e. The number of hydrogen-bond donors (Lipinski definition) is 1. The lowest BCUT2D eigenvalue weighted by atomic mass is 10.2. The predicted octanol–water partition coefficient (Wildman–Crippen LogP) is 2.04. The SMILES string of the molecule is Cc1cc(NC(=O)CN(Cc2ccc(Cl)cc2)S(C)(=O)=O)no1. The van der Waals surface area contributed by atoms with Gasteiger partial charge in [-0.05, 0) is 24.6 Å². The molecule has 0 aliphatic rings. The molecule has 0 aliphatic carbocycles. The summed E-state index contributed by atoms with van der Waals surface area (Å²) < 4.78 is 29.7. The second kappa shape index (κ2) is 7.12. The van der Waals surface area contributed by atoms with Crippen molar-refractivity contribution in [2.24, 2.45) is 0 Å². The molecule has 1 heterocycles. The molecule has 0 fully saturated rings. The second-order valence-corrected chi connectivity index (χ2v) is 7.45. The first kappa shape index (κ1) is 17.5. The van der Waals surface area contributed by atoms with Crippen molar-refractivity contribution in [2.75, 3.05) is 18.1 Å². The third-order valence-electron chi connectivity index (χ3n) is 2.96. The van der Waals surface area contributed by atoms with E-state index in [1.165, 1.54) is 0 Å². The van der Waals surface area contributed by atoms with Crippen LogP contribution < -0.4 is 5.32 Å². The van der Waals surface area contributed by atoms with E-state index in [-0.39, 0.29) is 18.9 Å². The maximum atomic E-state index is 12.0. The summed E-state index contributed by atoms with van der Waals surface area (Å²) in [6, 6.07) is 8.28. The van der Waals surface area contributed by atoms with Gasteiger partial charge in [0.25, 0.3) is 0 Å². The quantitative estimate of drug-likeness (QED) is 0.854. The van der Waals surface area contributed by atoms with Crippen molar-refractivity contribution in [1.29, 1.82) is 0 Å². The standard InChI is InChI=1S/C14H16ClN3O4S/c1-10-7-13(17-22-10)16-14(19)9-18(23(2,20)21)8-11-3-5-12(15)6-4-11/h3-7H,8-9H2,1-2H3,(H,16,17,19). The molecule has 0 saturated carbocycles. The number of nitrogens with zero attached hydrogens (tertiary/aromatic N) is 2. The van der Waals surface area contributed by atoms with Crippen molar-refractivity contribution in [3.63, 3.8) is 0 Å². The number of halogens is 1. The van der Waals surface area contributed by atoms with Crippen LogP contribution in [0.1, 0.15) is 11.3 Å². The van der Waals surface area contributed by atoms with E-state index in [1.807, 2.05) is 0 Å². The minimum atomic E-state index is -3.56. The molecule has 23 heavy (non-hydrogen) atoms. The Kier molecular flexibility index (Phi) is 5.40. The molecule has 9 heteroatoms. The van der Waals surface area contributed by atoms with Gasteiger partial charge in [0.2, 0.25) is 15.9 Å². The molecule has 0 unspecified atom stereocenters. The van der Waals surface area contributed by atoms with E-state index in [2.05, 4.69) is 10.5 Å². The molecule has 0 saturated heterocycles. The minimum Gasteiger partial charge on any atom is -0.360 e. The molecule has 2 aromatic rings. The number of carbonyl (C=O) groups is 1. The first-order chi connectivity index (χ1) is 10.7. The van der Waals surface area contributed by atoms with Gasteiger partial charge in [-0.25, -0.2) is 8.42 Å². The number of anilines is 1. The van der Waals surface area contributed by atoms with Crippen LogP contribution in [-0.2, 0) is 21.4 Å². The number of benzene rings is 1. The number of nitrogens with one attached hydrogen (secondary N) is 1. The van der Waals surface area contributed by atoms with Gasteiger partial charge in [0.15, 0.2) is 5.82 Å². The van der Waals surface area contributed by atoms with E-state index < -0.39 is 15.9 Å². The van der Waals surface area contributed by atoms with Crippen LogP contribution in [0, 0.1) is 6.92 Å². The fraction of sp³-hybridized carbons (Fsp3) is 0.286. The van der Waals surface area contributed by atoms with Crippen molar-refractivity contribution in [2.45, 2.75) is 13.5 Å². The second-order valence-electron chi connectivity index (χ2n) is 5.03. The lowest BCUT2D eigenvalue weighted by Crippen LogP contribution is -2.36. The molecule has 7 nitrogen and oxygen atoms in total. The third kappa shape index (κ3) is 5.34. The smallest absolute Gasteiger partial charge is 0.240 e. The Labute approximate surface area is 139 Å². The minimum absolute atomic E-state index is 0.0707.